The van der Waals surface area contributed by atoms with Crippen molar-refractivity contribution in [2.24, 2.45) is 0 Å². The summed E-state index contributed by atoms with van der Waals surface area (Å²) < 4.78 is 5.14. The minimum atomic E-state index is 0.152. The van der Waals surface area contributed by atoms with Gasteiger partial charge in [-0.15, -0.1) is 0 Å². The van der Waals surface area contributed by atoms with Gasteiger partial charge in [0.1, 0.15) is 11.5 Å². The molecule has 0 amide bonds. The van der Waals surface area contributed by atoms with Crippen LogP contribution in [0.1, 0.15) is 0 Å². The molecule has 1 aromatic carbocycles. The number of nitrogens with zero attached hydrogens (tertiary/aromatic N) is 2. The van der Waals surface area contributed by atoms with Crippen LogP contribution in [-0.2, 0) is 0 Å². The number of anilines is 2. The van der Waals surface area contributed by atoms with Gasteiger partial charge in [-0.3, -0.25) is 0 Å². The first-order chi connectivity index (χ1) is 7.79. The molecule has 2 rings (SSSR count). The topological polar surface area (TPSA) is 67.3 Å². The van der Waals surface area contributed by atoms with E-state index in [2.05, 4.69) is 15.3 Å². The molecule has 0 unspecified atom stereocenters. The van der Waals surface area contributed by atoms with E-state index in [4.69, 9.17) is 4.74 Å². The number of hydrogen-bond acceptors (Lipinski definition) is 5. The molecule has 0 saturated carbocycles. The summed E-state index contributed by atoms with van der Waals surface area (Å²) in [6.45, 7) is 0. The maximum atomic E-state index is 9.37. The number of phenols is 1. The summed E-state index contributed by atoms with van der Waals surface area (Å²) in [4.78, 5) is 8.04. The molecule has 0 bridgehead atoms. The van der Waals surface area contributed by atoms with Gasteiger partial charge in [0.05, 0.1) is 12.8 Å². The third-order valence-corrected chi connectivity index (χ3v) is 2.00. The first-order valence-electron chi connectivity index (χ1n) is 4.70. The lowest BCUT2D eigenvalue weighted by molar-refractivity contribution is 0.414. The summed E-state index contributed by atoms with van der Waals surface area (Å²) >= 11 is 0. The Bertz CT molecular complexity index is 474. The van der Waals surface area contributed by atoms with Crippen LogP contribution < -0.4 is 10.1 Å². The summed E-state index contributed by atoms with van der Waals surface area (Å²) in [5.74, 6) is 1.22. The largest absolute Gasteiger partial charge is 0.508 e. The van der Waals surface area contributed by atoms with Crippen molar-refractivity contribution in [3.05, 3.63) is 36.7 Å². The highest BCUT2D eigenvalue weighted by Gasteiger charge is 2.05. The lowest BCUT2D eigenvalue weighted by Gasteiger charge is -2.09. The van der Waals surface area contributed by atoms with Crippen LogP contribution >= 0.6 is 0 Å². The van der Waals surface area contributed by atoms with E-state index in [0.717, 1.165) is 0 Å². The van der Waals surface area contributed by atoms with Gasteiger partial charge in [0.2, 0.25) is 5.95 Å². The molecule has 0 saturated heterocycles. The van der Waals surface area contributed by atoms with Crippen molar-refractivity contribution in [1.82, 2.24) is 9.97 Å². The van der Waals surface area contributed by atoms with Gasteiger partial charge in [-0.05, 0) is 18.2 Å². The average molecular weight is 217 g/mol. The zero-order valence-electron chi connectivity index (χ0n) is 8.71. The highest BCUT2D eigenvalue weighted by atomic mass is 16.5. The first kappa shape index (κ1) is 10.2. The van der Waals surface area contributed by atoms with Gasteiger partial charge in [0, 0.05) is 18.5 Å². The van der Waals surface area contributed by atoms with Gasteiger partial charge in [0.25, 0.3) is 0 Å². The lowest BCUT2D eigenvalue weighted by atomic mass is 10.3. The van der Waals surface area contributed by atoms with Crippen LogP contribution in [0.2, 0.25) is 0 Å². The highest BCUT2D eigenvalue weighted by Crippen LogP contribution is 2.29. The van der Waals surface area contributed by atoms with E-state index in [1.807, 2.05) is 0 Å². The fraction of sp³-hybridized carbons (Fsp3) is 0.0909. The normalized spacial score (nSPS) is 9.81. The minimum absolute atomic E-state index is 0.152. The molecule has 0 radical (unpaired) electrons. The van der Waals surface area contributed by atoms with Crippen LogP contribution in [0.25, 0.3) is 0 Å². The number of phenolic OH excluding ortho intramolecular Hbond substituents is 1. The van der Waals surface area contributed by atoms with Crippen LogP contribution in [0, 0.1) is 0 Å². The molecule has 0 aliphatic heterocycles. The second-order valence-electron chi connectivity index (χ2n) is 3.08. The van der Waals surface area contributed by atoms with Crippen LogP contribution in [0.3, 0.4) is 0 Å². The van der Waals surface area contributed by atoms with Gasteiger partial charge in [0.15, 0.2) is 0 Å². The van der Waals surface area contributed by atoms with Crippen molar-refractivity contribution in [3.8, 4) is 11.5 Å². The van der Waals surface area contributed by atoms with Crippen LogP contribution in [0.4, 0.5) is 11.6 Å². The lowest BCUT2D eigenvalue weighted by Crippen LogP contribution is -1.98. The molecule has 0 aliphatic carbocycles. The van der Waals surface area contributed by atoms with Crippen molar-refractivity contribution in [3.63, 3.8) is 0 Å². The molecule has 5 nitrogen and oxygen atoms in total. The van der Waals surface area contributed by atoms with E-state index in [0.29, 0.717) is 17.4 Å². The number of rotatable bonds is 3. The van der Waals surface area contributed by atoms with Gasteiger partial charge in [-0.2, -0.15) is 0 Å². The number of hydrogen-bond donors (Lipinski definition) is 2. The molecule has 0 spiro atoms. The summed E-state index contributed by atoms with van der Waals surface area (Å²) in [7, 11) is 1.56. The summed E-state index contributed by atoms with van der Waals surface area (Å²) in [5, 5.41) is 12.3. The van der Waals surface area contributed by atoms with E-state index in [-0.39, 0.29) is 5.75 Å². The molecule has 82 valence electrons. The molecule has 1 aromatic heterocycles. The number of aromatic hydroxyl groups is 1. The van der Waals surface area contributed by atoms with Crippen LogP contribution in [0.5, 0.6) is 11.5 Å². The zero-order valence-corrected chi connectivity index (χ0v) is 8.71. The predicted octanol–water partition coefficient (Wildman–Crippen LogP) is 1.93. The molecule has 0 aliphatic rings. The van der Waals surface area contributed by atoms with E-state index >= 15 is 0 Å². The number of ether oxygens (including phenoxy) is 1. The molecular formula is C11H11N3O2. The number of methoxy groups -OCH3 is 1. The quantitative estimate of drug-likeness (QED) is 0.822. The Balaban J connectivity index is 2.30. The maximum Gasteiger partial charge on any atom is 0.227 e. The summed E-state index contributed by atoms with van der Waals surface area (Å²) in [6.07, 6.45) is 3.26. The third-order valence-electron chi connectivity index (χ3n) is 2.00. The Morgan fingerprint density at radius 3 is 2.69 bits per heavy atom. The van der Waals surface area contributed by atoms with E-state index in [1.54, 1.807) is 43.8 Å². The monoisotopic (exact) mass is 217 g/mol. The smallest absolute Gasteiger partial charge is 0.227 e. The number of nitrogens with one attached hydrogen (secondary N) is 1. The molecule has 0 fully saturated rings. The minimum Gasteiger partial charge on any atom is -0.508 e. The molecule has 1 heterocycles. The molecule has 2 N–H and O–H groups in total. The number of benzene rings is 1. The Morgan fingerprint density at radius 2 is 2.00 bits per heavy atom. The molecule has 0 atom stereocenters. The standard InChI is InChI=1S/C11H11N3O2/c1-16-10-4-3-8(15)7-9(10)14-11-12-5-2-6-13-11/h2-7,15H,1H3,(H,12,13,14). The maximum absolute atomic E-state index is 9.37. The van der Waals surface area contributed by atoms with E-state index in [1.165, 1.54) is 0 Å². The molecule has 2 aromatic rings. The summed E-state index contributed by atoms with van der Waals surface area (Å²) in [5.41, 5.74) is 0.619. The summed E-state index contributed by atoms with van der Waals surface area (Å²) in [6, 6.07) is 6.50. The highest BCUT2D eigenvalue weighted by molar-refractivity contribution is 5.64. The third kappa shape index (κ3) is 2.20. The second kappa shape index (κ2) is 4.48. The second-order valence-corrected chi connectivity index (χ2v) is 3.08. The van der Waals surface area contributed by atoms with Crippen molar-refractivity contribution < 1.29 is 9.84 Å². The molecule has 16 heavy (non-hydrogen) atoms. The first-order valence-corrected chi connectivity index (χ1v) is 4.70. The van der Waals surface area contributed by atoms with Gasteiger partial charge < -0.3 is 15.2 Å². The predicted molar refractivity (Wildman–Crippen MR) is 60.0 cm³/mol. The number of aromatic nitrogens is 2. The van der Waals surface area contributed by atoms with Gasteiger partial charge >= 0.3 is 0 Å². The van der Waals surface area contributed by atoms with Crippen LogP contribution in [-0.4, -0.2) is 22.2 Å². The molecular weight excluding hydrogens is 206 g/mol. The Morgan fingerprint density at radius 1 is 1.25 bits per heavy atom. The Labute approximate surface area is 92.8 Å². The zero-order chi connectivity index (χ0) is 11.4. The van der Waals surface area contributed by atoms with Crippen molar-refractivity contribution >= 4 is 11.6 Å². The SMILES string of the molecule is COc1ccc(O)cc1Nc1ncccn1. The van der Waals surface area contributed by atoms with Crippen molar-refractivity contribution in [2.75, 3.05) is 12.4 Å². The fourth-order valence-electron chi connectivity index (χ4n) is 1.28. The Kier molecular flexibility index (Phi) is 2.86. The fourth-order valence-corrected chi connectivity index (χ4v) is 1.28. The van der Waals surface area contributed by atoms with E-state index < -0.39 is 0 Å². The van der Waals surface area contributed by atoms with E-state index in [9.17, 15) is 5.11 Å². The molecule has 5 heteroatoms. The average Bonchev–Trinajstić information content (AvgIpc) is 2.31. The Hall–Kier alpha value is -2.30. The van der Waals surface area contributed by atoms with Crippen molar-refractivity contribution in [2.45, 2.75) is 0 Å². The van der Waals surface area contributed by atoms with Gasteiger partial charge in [-0.1, -0.05) is 0 Å². The van der Waals surface area contributed by atoms with Crippen LogP contribution in [0.15, 0.2) is 36.7 Å². The van der Waals surface area contributed by atoms with Crippen molar-refractivity contribution in [1.29, 1.82) is 0 Å². The van der Waals surface area contributed by atoms with Gasteiger partial charge in [-0.25, -0.2) is 9.97 Å².